The van der Waals surface area contributed by atoms with Crippen molar-refractivity contribution in [1.29, 1.82) is 0 Å². The molecule has 0 unspecified atom stereocenters. The van der Waals surface area contributed by atoms with Crippen LogP contribution in [-0.2, 0) is 11.3 Å². The molecule has 0 spiro atoms. The number of carbonyl (C=O) groups excluding carboxylic acids is 2. The Bertz CT molecular complexity index is 687. The van der Waals surface area contributed by atoms with Crippen LogP contribution in [0.5, 0.6) is 0 Å². The first-order valence-corrected chi connectivity index (χ1v) is 6.20. The third kappa shape index (κ3) is 3.66. The molecule has 0 aliphatic carbocycles. The lowest BCUT2D eigenvalue weighted by Gasteiger charge is -2.07. The van der Waals surface area contributed by atoms with E-state index in [9.17, 15) is 22.8 Å². The second-order valence-corrected chi connectivity index (χ2v) is 4.26. The van der Waals surface area contributed by atoms with Crippen molar-refractivity contribution in [2.75, 3.05) is 6.54 Å². The number of rotatable bonds is 5. The highest BCUT2D eigenvalue weighted by atomic mass is 19.2. The predicted octanol–water partition coefficient (Wildman–Crippen LogP) is 1.74. The number of amides is 2. The van der Waals surface area contributed by atoms with Crippen molar-refractivity contribution in [2.45, 2.75) is 6.54 Å². The van der Waals surface area contributed by atoms with E-state index >= 15 is 0 Å². The molecular formula is C14H11F3N2O3. The molecular weight excluding hydrogens is 301 g/mol. The Hall–Kier alpha value is -2.77. The fourth-order valence-corrected chi connectivity index (χ4v) is 1.62. The molecule has 0 saturated heterocycles. The minimum absolute atomic E-state index is 0.126. The van der Waals surface area contributed by atoms with Gasteiger partial charge in [-0.05, 0) is 24.3 Å². The fourth-order valence-electron chi connectivity index (χ4n) is 1.62. The van der Waals surface area contributed by atoms with Gasteiger partial charge >= 0.3 is 0 Å². The van der Waals surface area contributed by atoms with Crippen LogP contribution in [0.2, 0.25) is 0 Å². The van der Waals surface area contributed by atoms with Crippen LogP contribution in [0.25, 0.3) is 0 Å². The molecule has 2 N–H and O–H groups in total. The molecule has 22 heavy (non-hydrogen) atoms. The third-order valence-corrected chi connectivity index (χ3v) is 2.73. The van der Waals surface area contributed by atoms with Crippen LogP contribution in [-0.4, -0.2) is 18.4 Å². The first kappa shape index (κ1) is 15.6. The standard InChI is InChI=1S/C14H11F3N2O3/c15-10-4-3-9(12(16)13(10)17)14(21)19-7-11(20)18-6-8-2-1-5-22-8/h1-5H,6-7H2,(H,18,20)(H,19,21). The number of halogens is 3. The van der Waals surface area contributed by atoms with E-state index in [0.717, 1.165) is 6.07 Å². The van der Waals surface area contributed by atoms with Gasteiger partial charge in [0.15, 0.2) is 17.5 Å². The Balaban J connectivity index is 1.87. The molecule has 0 aliphatic rings. The lowest BCUT2D eigenvalue weighted by Crippen LogP contribution is -2.37. The van der Waals surface area contributed by atoms with Gasteiger partial charge in [-0.2, -0.15) is 0 Å². The fraction of sp³-hybridized carbons (Fsp3) is 0.143. The van der Waals surface area contributed by atoms with Crippen molar-refractivity contribution in [1.82, 2.24) is 10.6 Å². The average Bonchev–Trinajstić information content (AvgIpc) is 3.02. The molecule has 1 heterocycles. The first-order chi connectivity index (χ1) is 10.5. The Morgan fingerprint density at radius 1 is 1.05 bits per heavy atom. The van der Waals surface area contributed by atoms with E-state index in [1.165, 1.54) is 6.26 Å². The van der Waals surface area contributed by atoms with Gasteiger partial charge < -0.3 is 15.1 Å². The van der Waals surface area contributed by atoms with E-state index < -0.39 is 41.4 Å². The molecule has 2 rings (SSSR count). The molecule has 1 aromatic heterocycles. The lowest BCUT2D eigenvalue weighted by molar-refractivity contribution is -0.120. The molecule has 1 aromatic carbocycles. The molecule has 0 fully saturated rings. The zero-order valence-corrected chi connectivity index (χ0v) is 11.2. The van der Waals surface area contributed by atoms with E-state index in [-0.39, 0.29) is 6.54 Å². The van der Waals surface area contributed by atoms with Crippen LogP contribution in [0.15, 0.2) is 34.9 Å². The molecule has 8 heteroatoms. The second kappa shape index (κ2) is 6.79. The van der Waals surface area contributed by atoms with Gasteiger partial charge in [0.1, 0.15) is 5.76 Å². The van der Waals surface area contributed by atoms with E-state index in [0.29, 0.717) is 11.8 Å². The van der Waals surface area contributed by atoms with Gasteiger partial charge in [0.2, 0.25) is 5.91 Å². The molecule has 0 saturated carbocycles. The van der Waals surface area contributed by atoms with E-state index in [1.54, 1.807) is 12.1 Å². The van der Waals surface area contributed by atoms with Gasteiger partial charge in [0, 0.05) is 0 Å². The maximum Gasteiger partial charge on any atom is 0.254 e. The predicted molar refractivity (Wildman–Crippen MR) is 69.2 cm³/mol. The summed E-state index contributed by atoms with van der Waals surface area (Å²) >= 11 is 0. The molecule has 0 aliphatic heterocycles. The summed E-state index contributed by atoms with van der Waals surface area (Å²) in [4.78, 5) is 23.1. The topological polar surface area (TPSA) is 71.3 Å². The van der Waals surface area contributed by atoms with Crippen LogP contribution < -0.4 is 10.6 Å². The van der Waals surface area contributed by atoms with Crippen molar-refractivity contribution < 1.29 is 27.2 Å². The van der Waals surface area contributed by atoms with Gasteiger partial charge in [-0.15, -0.1) is 0 Å². The van der Waals surface area contributed by atoms with Gasteiger partial charge in [-0.1, -0.05) is 0 Å². The Morgan fingerprint density at radius 2 is 1.82 bits per heavy atom. The van der Waals surface area contributed by atoms with Crippen LogP contribution in [0.1, 0.15) is 16.1 Å². The summed E-state index contributed by atoms with van der Waals surface area (Å²) in [6.07, 6.45) is 1.44. The summed E-state index contributed by atoms with van der Waals surface area (Å²) in [6.45, 7) is -0.320. The third-order valence-electron chi connectivity index (χ3n) is 2.73. The molecule has 2 amide bonds. The highest BCUT2D eigenvalue weighted by Crippen LogP contribution is 2.14. The van der Waals surface area contributed by atoms with Crippen molar-refractivity contribution in [3.63, 3.8) is 0 Å². The largest absolute Gasteiger partial charge is 0.467 e. The molecule has 5 nitrogen and oxygen atoms in total. The number of carbonyl (C=O) groups is 2. The van der Waals surface area contributed by atoms with Crippen molar-refractivity contribution in [2.24, 2.45) is 0 Å². The Labute approximate surface area is 123 Å². The summed E-state index contributed by atoms with van der Waals surface area (Å²) in [5, 5.41) is 4.56. The second-order valence-electron chi connectivity index (χ2n) is 4.26. The number of nitrogens with one attached hydrogen (secondary N) is 2. The molecule has 0 radical (unpaired) electrons. The summed E-state index contributed by atoms with van der Waals surface area (Å²) in [5.74, 6) is -5.79. The van der Waals surface area contributed by atoms with Crippen LogP contribution in [0, 0.1) is 17.5 Å². The molecule has 0 atom stereocenters. The zero-order valence-electron chi connectivity index (χ0n) is 11.2. The van der Waals surface area contributed by atoms with Crippen molar-refractivity contribution in [3.8, 4) is 0 Å². The van der Waals surface area contributed by atoms with E-state index in [1.807, 2.05) is 0 Å². The number of hydrogen-bond acceptors (Lipinski definition) is 3. The van der Waals surface area contributed by atoms with Crippen molar-refractivity contribution >= 4 is 11.8 Å². The monoisotopic (exact) mass is 312 g/mol. The van der Waals surface area contributed by atoms with Gasteiger partial charge in [-0.3, -0.25) is 9.59 Å². The van der Waals surface area contributed by atoms with Gasteiger partial charge in [0.05, 0.1) is 24.9 Å². The highest BCUT2D eigenvalue weighted by Gasteiger charge is 2.19. The van der Waals surface area contributed by atoms with E-state index in [2.05, 4.69) is 10.6 Å². The normalized spacial score (nSPS) is 10.3. The summed E-state index contributed by atoms with van der Waals surface area (Å²) in [6, 6.07) is 4.72. The summed E-state index contributed by atoms with van der Waals surface area (Å²) in [5.41, 5.74) is -0.683. The maximum atomic E-state index is 13.4. The molecule has 0 bridgehead atoms. The van der Waals surface area contributed by atoms with E-state index in [4.69, 9.17) is 4.42 Å². The maximum absolute atomic E-state index is 13.4. The summed E-state index contributed by atoms with van der Waals surface area (Å²) in [7, 11) is 0. The number of furan rings is 1. The summed E-state index contributed by atoms with van der Waals surface area (Å²) < 4.78 is 44.1. The van der Waals surface area contributed by atoms with Crippen LogP contribution in [0.3, 0.4) is 0 Å². The van der Waals surface area contributed by atoms with Crippen LogP contribution >= 0.6 is 0 Å². The zero-order chi connectivity index (χ0) is 16.1. The lowest BCUT2D eigenvalue weighted by atomic mass is 10.2. The van der Waals surface area contributed by atoms with Gasteiger partial charge in [-0.25, -0.2) is 13.2 Å². The molecule has 116 valence electrons. The Kier molecular flexibility index (Phi) is 4.82. The quantitative estimate of drug-likeness (QED) is 0.826. The number of hydrogen-bond donors (Lipinski definition) is 2. The minimum Gasteiger partial charge on any atom is -0.467 e. The SMILES string of the molecule is O=C(CNC(=O)c1ccc(F)c(F)c1F)NCc1ccco1. The minimum atomic E-state index is -1.74. The first-order valence-electron chi connectivity index (χ1n) is 6.20. The number of benzene rings is 1. The van der Waals surface area contributed by atoms with Crippen molar-refractivity contribution in [3.05, 3.63) is 59.3 Å². The smallest absolute Gasteiger partial charge is 0.254 e. The Morgan fingerprint density at radius 3 is 2.50 bits per heavy atom. The van der Waals surface area contributed by atoms with Crippen LogP contribution in [0.4, 0.5) is 13.2 Å². The highest BCUT2D eigenvalue weighted by molar-refractivity contribution is 5.96. The average molecular weight is 312 g/mol. The van der Waals surface area contributed by atoms with Gasteiger partial charge in [0.25, 0.3) is 5.91 Å². The molecule has 2 aromatic rings.